The quantitative estimate of drug-likeness (QED) is 0.774. The van der Waals surface area contributed by atoms with E-state index in [1.807, 2.05) is 15.7 Å². The minimum absolute atomic E-state index is 0.0968. The Labute approximate surface area is 113 Å². The number of carboxylic acids is 1. The molecule has 6 heteroatoms. The lowest BCUT2D eigenvalue weighted by Gasteiger charge is -2.23. The van der Waals surface area contributed by atoms with Gasteiger partial charge in [0, 0.05) is 38.3 Å². The average molecular weight is 266 g/mol. The van der Waals surface area contributed by atoms with Gasteiger partial charge in [0.2, 0.25) is 0 Å². The van der Waals surface area contributed by atoms with Crippen LogP contribution in [0.3, 0.4) is 0 Å². The second kappa shape index (κ2) is 6.16. The molecule has 106 valence electrons. The summed E-state index contributed by atoms with van der Waals surface area (Å²) in [5.74, 6) is -0.792. The molecule has 0 radical (unpaired) electrons. The Hall–Kier alpha value is -1.40. The number of imidazole rings is 1. The van der Waals surface area contributed by atoms with Crippen molar-refractivity contribution < 1.29 is 9.90 Å². The average Bonchev–Trinajstić information content (AvgIpc) is 2.95. The Morgan fingerprint density at radius 2 is 2.47 bits per heavy atom. The van der Waals surface area contributed by atoms with Gasteiger partial charge < -0.3 is 15.4 Å². The van der Waals surface area contributed by atoms with Gasteiger partial charge in [-0.1, -0.05) is 6.92 Å². The maximum absolute atomic E-state index is 11.4. The van der Waals surface area contributed by atoms with Crippen LogP contribution in [0.5, 0.6) is 0 Å². The highest BCUT2D eigenvalue weighted by atomic mass is 16.4. The number of rotatable bonds is 6. The molecular weight excluding hydrogens is 244 g/mol. The molecule has 19 heavy (non-hydrogen) atoms. The van der Waals surface area contributed by atoms with E-state index in [1.54, 1.807) is 6.33 Å². The summed E-state index contributed by atoms with van der Waals surface area (Å²) < 4.78 is 2.00. The van der Waals surface area contributed by atoms with Crippen LogP contribution < -0.4 is 5.73 Å². The van der Waals surface area contributed by atoms with Crippen LogP contribution in [-0.4, -0.2) is 50.7 Å². The summed E-state index contributed by atoms with van der Waals surface area (Å²) in [5.41, 5.74) is 6.68. The molecular formula is C13H22N4O2. The number of carbonyl (C=O) groups is 1. The molecule has 1 aromatic heterocycles. The van der Waals surface area contributed by atoms with Crippen LogP contribution in [0.2, 0.25) is 0 Å². The molecule has 1 fully saturated rings. The monoisotopic (exact) mass is 266 g/mol. The highest BCUT2D eigenvalue weighted by molar-refractivity contribution is 5.73. The van der Waals surface area contributed by atoms with Crippen molar-refractivity contribution in [2.24, 2.45) is 5.73 Å². The highest BCUT2D eigenvalue weighted by Crippen LogP contribution is 2.15. The third kappa shape index (κ3) is 3.54. The van der Waals surface area contributed by atoms with Crippen molar-refractivity contribution >= 4 is 5.97 Å². The van der Waals surface area contributed by atoms with Gasteiger partial charge in [0.15, 0.2) is 0 Å². The van der Waals surface area contributed by atoms with E-state index in [0.717, 1.165) is 31.6 Å². The van der Waals surface area contributed by atoms with Gasteiger partial charge >= 0.3 is 5.97 Å². The van der Waals surface area contributed by atoms with E-state index in [9.17, 15) is 9.90 Å². The third-order valence-electron chi connectivity index (χ3n) is 3.55. The van der Waals surface area contributed by atoms with E-state index in [-0.39, 0.29) is 6.04 Å². The molecule has 0 aromatic carbocycles. The fourth-order valence-electron chi connectivity index (χ4n) is 2.56. The predicted octanol–water partition coefficient (Wildman–Crippen LogP) is 0.322. The van der Waals surface area contributed by atoms with Crippen molar-refractivity contribution in [2.45, 2.75) is 44.8 Å². The molecule has 0 bridgehead atoms. The minimum atomic E-state index is -0.792. The summed E-state index contributed by atoms with van der Waals surface area (Å²) in [7, 11) is 0. The Balaban J connectivity index is 2.01. The largest absolute Gasteiger partial charge is 0.480 e. The van der Waals surface area contributed by atoms with Gasteiger partial charge in [0.25, 0.3) is 0 Å². The Bertz CT molecular complexity index is 432. The number of hydrogen-bond donors (Lipinski definition) is 2. The maximum Gasteiger partial charge on any atom is 0.321 e. The summed E-state index contributed by atoms with van der Waals surface area (Å²) in [6, 6.07) is -0.418. The van der Waals surface area contributed by atoms with Crippen molar-refractivity contribution in [3.05, 3.63) is 18.2 Å². The van der Waals surface area contributed by atoms with Gasteiger partial charge in [-0.2, -0.15) is 0 Å². The second-order valence-corrected chi connectivity index (χ2v) is 5.20. The minimum Gasteiger partial charge on any atom is -0.480 e. The van der Waals surface area contributed by atoms with Gasteiger partial charge in [0.1, 0.15) is 6.04 Å². The highest BCUT2D eigenvalue weighted by Gasteiger charge is 2.31. The Morgan fingerprint density at radius 3 is 3.05 bits per heavy atom. The summed E-state index contributed by atoms with van der Waals surface area (Å²) in [6.07, 6.45) is 6.06. The lowest BCUT2D eigenvalue weighted by atomic mass is 10.1. The standard InChI is InChI=1S/C13H22N4O2/c1-2-4-16-8-11(15-9-16)6-12(13(18)19)17-5-3-10(14)7-17/h8-10,12H,2-7,14H2,1H3,(H,18,19). The number of carboxylic acid groups (broad SMARTS) is 1. The van der Waals surface area contributed by atoms with Crippen molar-refractivity contribution in [1.29, 1.82) is 0 Å². The summed E-state index contributed by atoms with van der Waals surface area (Å²) in [6.45, 7) is 4.44. The van der Waals surface area contributed by atoms with Gasteiger partial charge in [-0.05, 0) is 12.8 Å². The molecule has 2 atom stereocenters. The topological polar surface area (TPSA) is 84.4 Å². The number of aryl methyl sites for hydroxylation is 1. The lowest BCUT2D eigenvalue weighted by molar-refractivity contribution is -0.142. The van der Waals surface area contributed by atoms with E-state index < -0.39 is 12.0 Å². The molecule has 2 heterocycles. The number of hydrogen-bond acceptors (Lipinski definition) is 4. The molecule has 1 aliphatic rings. The SMILES string of the molecule is CCCn1cnc(CC(C(=O)O)N2CCC(N)C2)c1. The summed E-state index contributed by atoms with van der Waals surface area (Å²) in [4.78, 5) is 17.7. The first-order valence-corrected chi connectivity index (χ1v) is 6.83. The zero-order valence-corrected chi connectivity index (χ0v) is 11.3. The molecule has 1 saturated heterocycles. The zero-order valence-electron chi connectivity index (χ0n) is 11.3. The van der Waals surface area contributed by atoms with Crippen LogP contribution in [0.1, 0.15) is 25.5 Å². The fraction of sp³-hybridized carbons (Fsp3) is 0.692. The van der Waals surface area contributed by atoms with Crippen molar-refractivity contribution in [3.8, 4) is 0 Å². The molecule has 0 spiro atoms. The first-order valence-electron chi connectivity index (χ1n) is 6.83. The van der Waals surface area contributed by atoms with E-state index in [1.165, 1.54) is 0 Å². The Kier molecular flexibility index (Phi) is 4.55. The fourth-order valence-corrected chi connectivity index (χ4v) is 2.56. The second-order valence-electron chi connectivity index (χ2n) is 5.20. The zero-order chi connectivity index (χ0) is 13.8. The molecule has 0 saturated carbocycles. The maximum atomic E-state index is 11.4. The smallest absolute Gasteiger partial charge is 0.321 e. The van der Waals surface area contributed by atoms with Crippen LogP contribution in [0.15, 0.2) is 12.5 Å². The van der Waals surface area contributed by atoms with Crippen molar-refractivity contribution in [1.82, 2.24) is 14.5 Å². The van der Waals surface area contributed by atoms with Crippen LogP contribution >= 0.6 is 0 Å². The summed E-state index contributed by atoms with van der Waals surface area (Å²) >= 11 is 0. The van der Waals surface area contributed by atoms with Gasteiger partial charge in [-0.15, -0.1) is 0 Å². The van der Waals surface area contributed by atoms with Gasteiger partial charge in [0.05, 0.1) is 12.0 Å². The number of likely N-dealkylation sites (tertiary alicyclic amines) is 1. The first-order chi connectivity index (χ1) is 9.10. The molecule has 2 unspecified atom stereocenters. The molecule has 0 aliphatic carbocycles. The normalized spacial score (nSPS) is 21.7. The van der Waals surface area contributed by atoms with E-state index in [0.29, 0.717) is 13.0 Å². The first kappa shape index (κ1) is 14.0. The number of aliphatic carboxylic acids is 1. The van der Waals surface area contributed by atoms with Crippen molar-refractivity contribution in [3.63, 3.8) is 0 Å². The van der Waals surface area contributed by atoms with Crippen LogP contribution in [0.4, 0.5) is 0 Å². The third-order valence-corrected chi connectivity index (χ3v) is 3.55. The lowest BCUT2D eigenvalue weighted by Crippen LogP contribution is -2.42. The molecule has 3 N–H and O–H groups in total. The number of nitrogens with two attached hydrogens (primary N) is 1. The Morgan fingerprint density at radius 1 is 1.68 bits per heavy atom. The van der Waals surface area contributed by atoms with Gasteiger partial charge in [-0.25, -0.2) is 4.98 Å². The number of aromatic nitrogens is 2. The van der Waals surface area contributed by atoms with E-state index >= 15 is 0 Å². The molecule has 1 aromatic rings. The molecule has 2 rings (SSSR count). The van der Waals surface area contributed by atoms with Gasteiger partial charge in [-0.3, -0.25) is 9.69 Å². The van der Waals surface area contributed by atoms with Crippen molar-refractivity contribution in [2.75, 3.05) is 13.1 Å². The number of nitrogens with zero attached hydrogens (tertiary/aromatic N) is 3. The molecule has 0 amide bonds. The predicted molar refractivity (Wildman–Crippen MR) is 71.8 cm³/mol. The van der Waals surface area contributed by atoms with Crippen LogP contribution in [0, 0.1) is 0 Å². The molecule has 6 nitrogen and oxygen atoms in total. The summed E-state index contributed by atoms with van der Waals surface area (Å²) in [5, 5.41) is 9.37. The van der Waals surface area contributed by atoms with Crippen LogP contribution in [-0.2, 0) is 17.8 Å². The van der Waals surface area contributed by atoms with E-state index in [2.05, 4.69) is 11.9 Å². The van der Waals surface area contributed by atoms with E-state index in [4.69, 9.17) is 5.73 Å². The molecule has 1 aliphatic heterocycles. The van der Waals surface area contributed by atoms with Crippen LogP contribution in [0.25, 0.3) is 0 Å².